The second kappa shape index (κ2) is 8.99. The molecule has 1 aliphatic heterocycles. The van der Waals surface area contributed by atoms with Crippen molar-refractivity contribution in [2.24, 2.45) is 0 Å². The molecule has 144 valence electrons. The van der Waals surface area contributed by atoms with Gasteiger partial charge < -0.3 is 9.47 Å². The van der Waals surface area contributed by atoms with Crippen LogP contribution in [0.3, 0.4) is 0 Å². The lowest BCUT2D eigenvalue weighted by Gasteiger charge is -2.33. The Hall–Kier alpha value is -1.70. The third kappa shape index (κ3) is 4.59. The van der Waals surface area contributed by atoms with Crippen molar-refractivity contribution in [2.45, 2.75) is 39.3 Å². The first kappa shape index (κ1) is 20.0. The minimum absolute atomic E-state index is 0.233. The number of carbonyl (C=O) groups is 2. The van der Waals surface area contributed by atoms with Crippen LogP contribution in [0.4, 0.5) is 0 Å². The second-order valence-corrected chi connectivity index (χ2v) is 8.19. The lowest BCUT2D eigenvalue weighted by Crippen LogP contribution is -2.38. The highest BCUT2D eigenvalue weighted by molar-refractivity contribution is 9.10. The number of rotatable bonds is 6. The van der Waals surface area contributed by atoms with Crippen molar-refractivity contribution in [3.05, 3.63) is 50.8 Å². The summed E-state index contributed by atoms with van der Waals surface area (Å²) in [4.78, 5) is 27.6. The normalized spacial score (nSPS) is 15.1. The molecule has 0 spiro atoms. The molecule has 1 aromatic carbocycles. The van der Waals surface area contributed by atoms with E-state index in [1.807, 2.05) is 37.3 Å². The fourth-order valence-corrected chi connectivity index (χ4v) is 4.70. The van der Waals surface area contributed by atoms with E-state index in [1.54, 1.807) is 6.92 Å². The van der Waals surface area contributed by atoms with Gasteiger partial charge in [0.25, 0.3) is 0 Å². The molecule has 0 bridgehead atoms. The maximum Gasteiger partial charge on any atom is 0.328 e. The van der Waals surface area contributed by atoms with Gasteiger partial charge in [0.1, 0.15) is 6.04 Å². The second-order valence-electron chi connectivity index (χ2n) is 6.24. The molecular weight excluding hydrogens is 430 g/mol. The molecule has 0 amide bonds. The quantitative estimate of drug-likeness (QED) is 0.605. The highest BCUT2D eigenvalue weighted by Gasteiger charge is 2.33. The summed E-state index contributed by atoms with van der Waals surface area (Å²) in [6.07, 6.45) is 1.16. The van der Waals surface area contributed by atoms with Gasteiger partial charge in [-0.05, 0) is 36.6 Å². The standard InChI is InChI=1S/C20H22BrNO4S/c1-3-17(23)26-18-11-13-12-22(10-9-16(13)27-18)19(20(24)25-4-2)14-7-5-6-8-15(14)21/h5-8,11,19H,3-4,9-10,12H2,1-2H3/t19-/m0/s1. The molecule has 0 saturated carbocycles. The van der Waals surface area contributed by atoms with Gasteiger partial charge in [-0.15, -0.1) is 11.3 Å². The van der Waals surface area contributed by atoms with Crippen molar-refractivity contribution in [1.29, 1.82) is 0 Å². The van der Waals surface area contributed by atoms with Crippen molar-refractivity contribution in [2.75, 3.05) is 13.2 Å². The molecule has 5 nitrogen and oxygen atoms in total. The van der Waals surface area contributed by atoms with Gasteiger partial charge in [-0.3, -0.25) is 9.69 Å². The average Bonchev–Trinajstić information content (AvgIpc) is 3.05. The average molecular weight is 452 g/mol. The van der Waals surface area contributed by atoms with Crippen LogP contribution in [0.2, 0.25) is 0 Å². The van der Waals surface area contributed by atoms with Crippen molar-refractivity contribution >= 4 is 39.2 Å². The van der Waals surface area contributed by atoms with Gasteiger partial charge in [0, 0.05) is 28.9 Å². The molecule has 0 aliphatic carbocycles. The Morgan fingerprint density at radius 1 is 1.30 bits per heavy atom. The summed E-state index contributed by atoms with van der Waals surface area (Å²) in [5, 5.41) is 0.627. The van der Waals surface area contributed by atoms with E-state index in [2.05, 4.69) is 20.8 Å². The number of ether oxygens (including phenoxy) is 2. The van der Waals surface area contributed by atoms with E-state index in [1.165, 1.54) is 16.2 Å². The van der Waals surface area contributed by atoms with Crippen LogP contribution in [-0.2, 0) is 27.3 Å². The number of thiophene rings is 1. The van der Waals surface area contributed by atoms with Gasteiger partial charge in [-0.2, -0.15) is 0 Å². The number of hydrogen-bond donors (Lipinski definition) is 0. The number of halogens is 1. The number of hydrogen-bond acceptors (Lipinski definition) is 6. The Labute approximate surface area is 171 Å². The lowest BCUT2D eigenvalue weighted by atomic mass is 10.0. The zero-order valence-electron chi connectivity index (χ0n) is 15.4. The summed E-state index contributed by atoms with van der Waals surface area (Å²) in [7, 11) is 0. The van der Waals surface area contributed by atoms with E-state index in [-0.39, 0.29) is 11.9 Å². The third-order valence-corrected chi connectivity index (χ3v) is 6.29. The molecular formula is C20H22BrNO4S. The number of benzene rings is 1. The zero-order valence-corrected chi connectivity index (χ0v) is 17.8. The van der Waals surface area contributed by atoms with Crippen LogP contribution < -0.4 is 4.74 Å². The predicted octanol–water partition coefficient (Wildman–Crippen LogP) is 4.49. The summed E-state index contributed by atoms with van der Waals surface area (Å²) in [5.74, 6) is -0.483. The van der Waals surface area contributed by atoms with Gasteiger partial charge >= 0.3 is 11.9 Å². The van der Waals surface area contributed by atoms with E-state index in [9.17, 15) is 9.59 Å². The Bertz CT molecular complexity index is 835. The van der Waals surface area contributed by atoms with Crippen molar-refractivity contribution in [3.8, 4) is 5.06 Å². The highest BCUT2D eigenvalue weighted by atomic mass is 79.9. The molecule has 2 heterocycles. The largest absolute Gasteiger partial charge is 0.465 e. The summed E-state index contributed by atoms with van der Waals surface area (Å²) >= 11 is 5.08. The SMILES string of the molecule is CCOC(=O)[C@H](c1ccccc1Br)N1CCc2sc(OC(=O)CC)cc2C1. The first-order valence-electron chi connectivity index (χ1n) is 9.00. The molecule has 2 aromatic rings. The zero-order chi connectivity index (χ0) is 19.4. The van der Waals surface area contributed by atoms with Crippen LogP contribution >= 0.6 is 27.3 Å². The highest BCUT2D eigenvalue weighted by Crippen LogP contribution is 2.37. The minimum atomic E-state index is -0.477. The molecule has 0 radical (unpaired) electrons. The molecule has 27 heavy (non-hydrogen) atoms. The summed E-state index contributed by atoms with van der Waals surface area (Å²) < 4.78 is 11.6. The summed E-state index contributed by atoms with van der Waals surface area (Å²) in [6.45, 7) is 5.28. The van der Waals surface area contributed by atoms with Gasteiger partial charge in [-0.1, -0.05) is 41.1 Å². The number of carbonyl (C=O) groups excluding carboxylic acids is 2. The van der Waals surface area contributed by atoms with E-state index >= 15 is 0 Å². The maximum atomic E-state index is 12.7. The number of esters is 2. The fourth-order valence-electron chi connectivity index (χ4n) is 3.17. The molecule has 0 unspecified atom stereocenters. The number of fused-ring (bicyclic) bond motifs is 1. The van der Waals surface area contributed by atoms with Crippen molar-refractivity contribution in [3.63, 3.8) is 0 Å². The van der Waals surface area contributed by atoms with E-state index in [0.29, 0.717) is 24.6 Å². The molecule has 1 atom stereocenters. The molecule has 0 N–H and O–H groups in total. The van der Waals surface area contributed by atoms with Crippen LogP contribution in [0.1, 0.15) is 42.3 Å². The topological polar surface area (TPSA) is 55.8 Å². The Kier molecular flexibility index (Phi) is 6.68. The molecule has 3 rings (SSSR count). The first-order chi connectivity index (χ1) is 13.0. The van der Waals surface area contributed by atoms with Gasteiger partial charge in [0.2, 0.25) is 0 Å². The Balaban J connectivity index is 1.86. The maximum absolute atomic E-state index is 12.7. The van der Waals surface area contributed by atoms with Crippen molar-refractivity contribution < 1.29 is 19.1 Å². The first-order valence-corrected chi connectivity index (χ1v) is 10.6. The monoisotopic (exact) mass is 451 g/mol. The van der Waals surface area contributed by atoms with E-state index in [0.717, 1.165) is 28.6 Å². The van der Waals surface area contributed by atoms with Gasteiger partial charge in [0.15, 0.2) is 5.06 Å². The van der Waals surface area contributed by atoms with Crippen molar-refractivity contribution in [1.82, 2.24) is 4.90 Å². The third-order valence-electron chi connectivity index (χ3n) is 4.45. The van der Waals surface area contributed by atoms with Gasteiger partial charge in [0.05, 0.1) is 6.61 Å². The molecule has 1 aliphatic rings. The lowest BCUT2D eigenvalue weighted by molar-refractivity contribution is -0.150. The van der Waals surface area contributed by atoms with E-state index in [4.69, 9.17) is 9.47 Å². The minimum Gasteiger partial charge on any atom is -0.465 e. The van der Waals surface area contributed by atoms with Crippen LogP contribution in [-0.4, -0.2) is 30.0 Å². The van der Waals surface area contributed by atoms with Crippen LogP contribution in [0.15, 0.2) is 34.8 Å². The van der Waals surface area contributed by atoms with Crippen LogP contribution in [0.25, 0.3) is 0 Å². The van der Waals surface area contributed by atoms with E-state index < -0.39 is 6.04 Å². The van der Waals surface area contributed by atoms with Crippen LogP contribution in [0, 0.1) is 0 Å². The summed E-state index contributed by atoms with van der Waals surface area (Å²) in [6, 6.07) is 9.18. The molecule has 1 aromatic heterocycles. The molecule has 0 fully saturated rings. The molecule has 7 heteroatoms. The molecule has 0 saturated heterocycles. The smallest absolute Gasteiger partial charge is 0.328 e. The van der Waals surface area contributed by atoms with Gasteiger partial charge in [-0.25, -0.2) is 4.79 Å². The Morgan fingerprint density at radius 2 is 2.07 bits per heavy atom. The van der Waals surface area contributed by atoms with Crippen LogP contribution in [0.5, 0.6) is 5.06 Å². The Morgan fingerprint density at radius 3 is 2.78 bits per heavy atom. The summed E-state index contributed by atoms with van der Waals surface area (Å²) in [5.41, 5.74) is 2.00. The fraction of sp³-hybridized carbons (Fsp3) is 0.400. The predicted molar refractivity (Wildman–Crippen MR) is 108 cm³/mol. The number of nitrogens with zero attached hydrogens (tertiary/aromatic N) is 1.